The van der Waals surface area contributed by atoms with Gasteiger partial charge in [0.25, 0.3) is 5.91 Å². The van der Waals surface area contributed by atoms with Gasteiger partial charge in [0.2, 0.25) is 11.2 Å². The first-order valence-electron chi connectivity index (χ1n) is 13.2. The average Bonchev–Trinajstić information content (AvgIpc) is 3.43. The zero-order chi connectivity index (χ0) is 29.1. The zero-order valence-electron chi connectivity index (χ0n) is 22.1. The van der Waals surface area contributed by atoms with E-state index in [9.17, 15) is 18.8 Å². The first-order valence-corrected chi connectivity index (χ1v) is 14.1. The number of pyridine rings is 1. The third-order valence-electron chi connectivity index (χ3n) is 7.59. The van der Waals surface area contributed by atoms with Gasteiger partial charge in [0.1, 0.15) is 6.17 Å². The molecule has 42 heavy (non-hydrogen) atoms. The number of carbonyl (C=O) groups excluding carboxylic acids is 2. The molecule has 0 bridgehead atoms. The number of rotatable bonds is 3. The number of aromatic nitrogens is 2. The van der Waals surface area contributed by atoms with Crippen molar-refractivity contribution in [3.05, 3.63) is 92.9 Å². The Morgan fingerprint density at radius 3 is 2.81 bits per heavy atom. The van der Waals surface area contributed by atoms with Crippen molar-refractivity contribution in [2.45, 2.75) is 19.1 Å². The van der Waals surface area contributed by atoms with E-state index in [-0.39, 0.29) is 37.6 Å². The van der Waals surface area contributed by atoms with Gasteiger partial charge in [-0.3, -0.25) is 19.3 Å². The van der Waals surface area contributed by atoms with Crippen LogP contribution < -0.4 is 15.2 Å². The van der Waals surface area contributed by atoms with Gasteiger partial charge in [-0.05, 0) is 29.7 Å². The molecule has 1 fully saturated rings. The highest BCUT2D eigenvalue weighted by Gasteiger charge is 2.47. The molecule has 0 N–H and O–H groups in total. The van der Waals surface area contributed by atoms with Gasteiger partial charge in [0.05, 0.1) is 41.9 Å². The summed E-state index contributed by atoms with van der Waals surface area (Å²) in [6, 6.07) is 10.4. The van der Waals surface area contributed by atoms with Crippen LogP contribution in [0.1, 0.15) is 34.6 Å². The van der Waals surface area contributed by atoms with Crippen LogP contribution in [-0.2, 0) is 9.47 Å². The molecule has 4 heterocycles. The summed E-state index contributed by atoms with van der Waals surface area (Å²) in [4.78, 5) is 45.9. The molecule has 1 saturated heterocycles. The number of nitrogens with zero attached hydrogens (tertiary/aromatic N) is 4. The maximum Gasteiger partial charge on any atom is 0.514 e. The molecule has 7 rings (SSSR count). The highest BCUT2D eigenvalue weighted by Crippen LogP contribution is 2.50. The molecule has 10 nitrogen and oxygen atoms in total. The van der Waals surface area contributed by atoms with Gasteiger partial charge in [0.15, 0.2) is 17.3 Å². The average molecular weight is 593 g/mol. The summed E-state index contributed by atoms with van der Waals surface area (Å²) >= 11 is 1.31. The second-order valence-corrected chi connectivity index (χ2v) is 10.6. The summed E-state index contributed by atoms with van der Waals surface area (Å²) in [5.41, 5.74) is 2.86. The molecule has 1 amide bonds. The molecular formula is C29H22F2N4O6S. The fourth-order valence-electron chi connectivity index (χ4n) is 5.89. The number of benzene rings is 2. The molecule has 4 aromatic rings. The molecule has 0 unspecified atom stereocenters. The molecule has 0 saturated carbocycles. The normalized spacial score (nSPS) is 18.7. The summed E-state index contributed by atoms with van der Waals surface area (Å²) in [6.07, 6.45) is -0.453. The molecule has 3 aliphatic rings. The summed E-state index contributed by atoms with van der Waals surface area (Å²) in [7, 11) is 0. The van der Waals surface area contributed by atoms with Crippen LogP contribution in [0.25, 0.3) is 21.7 Å². The van der Waals surface area contributed by atoms with E-state index in [1.54, 1.807) is 17.4 Å². The molecule has 0 radical (unpaired) electrons. The van der Waals surface area contributed by atoms with Gasteiger partial charge in [-0.15, -0.1) is 11.3 Å². The van der Waals surface area contributed by atoms with Crippen molar-refractivity contribution < 1.29 is 32.6 Å². The Hall–Kier alpha value is -4.62. The number of fused-ring (bicyclic) bond motifs is 7. The van der Waals surface area contributed by atoms with Crippen molar-refractivity contribution in [1.82, 2.24) is 14.6 Å². The number of thiazole rings is 1. The molecule has 214 valence electrons. The van der Waals surface area contributed by atoms with Crippen LogP contribution in [0.5, 0.6) is 5.75 Å². The monoisotopic (exact) mass is 592 g/mol. The first kappa shape index (κ1) is 26.3. The number of morpholine rings is 1. The van der Waals surface area contributed by atoms with E-state index in [2.05, 4.69) is 4.98 Å². The summed E-state index contributed by atoms with van der Waals surface area (Å²) < 4.78 is 48.0. The number of ether oxygens (including phenoxy) is 3. The van der Waals surface area contributed by atoms with Crippen LogP contribution in [0.3, 0.4) is 0 Å². The SMILES string of the molecule is CCOC(=O)Oc1c2n(ccc1=O)N([C@@H]1c3ccccc3-c3scnc3-c3c1ccc(F)c3F)[C@@H]1COCCN1C2=O. The number of hydrogen-bond donors (Lipinski definition) is 0. The van der Waals surface area contributed by atoms with Crippen LogP contribution in [0.15, 0.2) is 59.0 Å². The van der Waals surface area contributed by atoms with E-state index in [0.29, 0.717) is 16.1 Å². The quantitative estimate of drug-likeness (QED) is 0.325. The van der Waals surface area contributed by atoms with E-state index < -0.39 is 47.1 Å². The lowest BCUT2D eigenvalue weighted by molar-refractivity contribution is -0.0197. The Morgan fingerprint density at radius 1 is 1.14 bits per heavy atom. The third kappa shape index (κ3) is 3.84. The standard InChI is InChI=1S/C29H22F2N4O6S/c1-2-40-29(38)41-26-19(36)9-10-34-25(26)28(37)33-11-12-39-13-20(33)35(34)24-15-5-3-4-6-16(15)27-23(32-14-42-27)21-17(24)7-8-18(30)22(21)31/h3-10,14,20,24H,2,11-13H2,1H3/t20-,24-/m1/s1. The molecule has 0 spiro atoms. The lowest BCUT2D eigenvalue weighted by Gasteiger charge is -2.51. The molecule has 2 aromatic carbocycles. The molecule has 2 aliphatic heterocycles. The zero-order valence-corrected chi connectivity index (χ0v) is 22.9. The fourth-order valence-corrected chi connectivity index (χ4v) is 6.74. The van der Waals surface area contributed by atoms with Crippen LogP contribution in [0.4, 0.5) is 13.6 Å². The highest BCUT2D eigenvalue weighted by atomic mass is 32.1. The van der Waals surface area contributed by atoms with Gasteiger partial charge in [-0.1, -0.05) is 30.3 Å². The van der Waals surface area contributed by atoms with Crippen LogP contribution in [-0.4, -0.2) is 59.2 Å². The fraction of sp³-hybridized carbons (Fsp3) is 0.241. The largest absolute Gasteiger partial charge is 0.514 e. The minimum absolute atomic E-state index is 0.00165. The first-order chi connectivity index (χ1) is 20.4. The number of carbonyl (C=O) groups is 2. The van der Waals surface area contributed by atoms with Crippen molar-refractivity contribution in [1.29, 1.82) is 0 Å². The lowest BCUT2D eigenvalue weighted by atomic mass is 9.92. The molecule has 2 atom stereocenters. The maximum atomic E-state index is 15.8. The Balaban J connectivity index is 1.54. The molecule has 2 aromatic heterocycles. The van der Waals surface area contributed by atoms with E-state index in [4.69, 9.17) is 14.2 Å². The van der Waals surface area contributed by atoms with E-state index >= 15 is 4.39 Å². The smallest absolute Gasteiger partial charge is 0.434 e. The Kier molecular flexibility index (Phi) is 6.28. The topological polar surface area (TPSA) is 103 Å². The van der Waals surface area contributed by atoms with Gasteiger partial charge in [-0.25, -0.2) is 18.6 Å². The summed E-state index contributed by atoms with van der Waals surface area (Å²) in [5, 5.41) is 1.78. The molecule has 13 heteroatoms. The highest BCUT2D eigenvalue weighted by molar-refractivity contribution is 7.13. The van der Waals surface area contributed by atoms with Gasteiger partial charge in [0, 0.05) is 24.4 Å². The van der Waals surface area contributed by atoms with Crippen LogP contribution in [0.2, 0.25) is 0 Å². The second kappa shape index (κ2) is 10.0. The Labute approximate surface area is 241 Å². The summed E-state index contributed by atoms with van der Waals surface area (Å²) in [6.45, 7) is 2.08. The summed E-state index contributed by atoms with van der Waals surface area (Å²) in [5.74, 6) is -3.12. The van der Waals surface area contributed by atoms with Gasteiger partial charge < -0.3 is 19.1 Å². The van der Waals surface area contributed by atoms with Crippen molar-refractivity contribution in [3.63, 3.8) is 0 Å². The number of halogens is 2. The predicted octanol–water partition coefficient (Wildman–Crippen LogP) is 4.31. The second-order valence-electron chi connectivity index (χ2n) is 9.77. The van der Waals surface area contributed by atoms with Crippen LogP contribution in [0, 0.1) is 11.6 Å². The van der Waals surface area contributed by atoms with Gasteiger partial charge >= 0.3 is 6.16 Å². The van der Waals surface area contributed by atoms with Gasteiger partial charge in [-0.2, -0.15) is 0 Å². The minimum Gasteiger partial charge on any atom is -0.434 e. The molecule has 1 aliphatic carbocycles. The maximum absolute atomic E-state index is 15.8. The van der Waals surface area contributed by atoms with Crippen molar-refractivity contribution in [2.24, 2.45) is 0 Å². The molecular weight excluding hydrogens is 570 g/mol. The van der Waals surface area contributed by atoms with E-state index in [1.807, 2.05) is 24.3 Å². The lowest BCUT2D eigenvalue weighted by Crippen LogP contribution is -2.66. The minimum atomic E-state index is -1.13. The van der Waals surface area contributed by atoms with Crippen molar-refractivity contribution >= 4 is 23.4 Å². The van der Waals surface area contributed by atoms with Crippen LogP contribution >= 0.6 is 11.3 Å². The van der Waals surface area contributed by atoms with E-state index in [1.165, 1.54) is 39.2 Å². The number of amides is 1. The Morgan fingerprint density at radius 2 is 1.98 bits per heavy atom. The Bertz CT molecular complexity index is 1820. The van der Waals surface area contributed by atoms with Crippen molar-refractivity contribution in [3.8, 4) is 27.4 Å². The third-order valence-corrected chi connectivity index (χ3v) is 8.45. The number of hydrogen-bond acceptors (Lipinski definition) is 9. The van der Waals surface area contributed by atoms with Crippen molar-refractivity contribution in [2.75, 3.05) is 31.4 Å². The predicted molar refractivity (Wildman–Crippen MR) is 147 cm³/mol. The van der Waals surface area contributed by atoms with E-state index in [0.717, 1.165) is 17.2 Å².